The number of hydrogen-bond acceptors (Lipinski definition) is 2. The maximum atomic E-state index is 10.5. The van der Waals surface area contributed by atoms with Crippen molar-refractivity contribution in [1.82, 2.24) is 0 Å². The van der Waals surface area contributed by atoms with Crippen molar-refractivity contribution in [1.29, 1.82) is 0 Å². The zero-order valence-corrected chi connectivity index (χ0v) is 10.2. The molecule has 0 saturated carbocycles. The Bertz CT molecular complexity index is 354. The largest absolute Gasteiger partial charge is 0.385 e. The first-order valence-corrected chi connectivity index (χ1v) is 5.71. The van der Waals surface area contributed by atoms with Gasteiger partial charge in [-0.2, -0.15) is 0 Å². The Labute approximate surface area is 97.3 Å². The third kappa shape index (κ3) is 3.46. The molecule has 0 saturated heterocycles. The van der Waals surface area contributed by atoms with Crippen molar-refractivity contribution in [3.8, 4) is 0 Å². The number of benzene rings is 1. The predicted molar refractivity (Wildman–Crippen MR) is 65.2 cm³/mol. The van der Waals surface area contributed by atoms with Gasteiger partial charge in [0.05, 0.1) is 5.60 Å². The van der Waals surface area contributed by atoms with E-state index in [4.69, 9.17) is 0 Å². The summed E-state index contributed by atoms with van der Waals surface area (Å²) < 4.78 is 0. The summed E-state index contributed by atoms with van der Waals surface area (Å²) in [5.74, 6) is 0.589. The van der Waals surface area contributed by atoms with Gasteiger partial charge in [0.25, 0.3) is 0 Å². The third-order valence-electron chi connectivity index (χ3n) is 2.67. The first kappa shape index (κ1) is 12.9. The van der Waals surface area contributed by atoms with E-state index < -0.39 is 5.60 Å². The summed E-state index contributed by atoms with van der Waals surface area (Å²) in [5, 5.41) is 10.1. The van der Waals surface area contributed by atoms with Gasteiger partial charge in [0.2, 0.25) is 0 Å². The minimum atomic E-state index is -1.05. The molecule has 1 aromatic carbocycles. The zero-order chi connectivity index (χ0) is 12.2. The van der Waals surface area contributed by atoms with E-state index in [2.05, 4.69) is 19.9 Å². The first-order chi connectivity index (χ1) is 7.45. The van der Waals surface area contributed by atoms with E-state index in [0.29, 0.717) is 5.92 Å². The zero-order valence-electron chi connectivity index (χ0n) is 10.2. The molecule has 2 nitrogen and oxygen atoms in total. The van der Waals surface area contributed by atoms with Crippen LogP contribution in [0.5, 0.6) is 0 Å². The number of carbonyl (C=O) groups is 1. The van der Waals surface area contributed by atoms with Crippen LogP contribution in [0.1, 0.15) is 38.3 Å². The van der Waals surface area contributed by atoms with E-state index in [1.165, 1.54) is 5.56 Å². The van der Waals surface area contributed by atoms with Crippen molar-refractivity contribution in [3.63, 3.8) is 0 Å². The van der Waals surface area contributed by atoms with Gasteiger partial charge >= 0.3 is 0 Å². The highest BCUT2D eigenvalue weighted by atomic mass is 16.3. The highest BCUT2D eigenvalue weighted by Crippen LogP contribution is 2.24. The molecule has 1 N–H and O–H groups in total. The predicted octanol–water partition coefficient (Wildman–Crippen LogP) is 2.68. The topological polar surface area (TPSA) is 37.3 Å². The van der Waals surface area contributed by atoms with Crippen LogP contribution in [0.25, 0.3) is 0 Å². The fraction of sp³-hybridized carbons (Fsp3) is 0.500. The van der Waals surface area contributed by atoms with Crippen LogP contribution in [0.15, 0.2) is 24.3 Å². The molecule has 1 aromatic rings. The summed E-state index contributed by atoms with van der Waals surface area (Å²) in [6.07, 6.45) is 1.89. The normalized spacial score (nSPS) is 14.8. The summed E-state index contributed by atoms with van der Waals surface area (Å²) in [5.41, 5.74) is 0.978. The second-order valence-corrected chi connectivity index (χ2v) is 4.94. The lowest BCUT2D eigenvalue weighted by atomic mass is 9.90. The molecule has 0 bridgehead atoms. The number of aliphatic hydroxyl groups is 1. The number of aldehydes is 1. The Morgan fingerprint density at radius 2 is 2.12 bits per heavy atom. The van der Waals surface area contributed by atoms with Crippen LogP contribution >= 0.6 is 0 Å². The standard InChI is InChI=1S/C14H20O2/c1-11(2)9-12-5-4-6-13(10-12)14(3,16)7-8-15/h4-6,8,10-11,16H,7,9H2,1-3H3. The maximum absolute atomic E-state index is 10.5. The SMILES string of the molecule is CC(C)Cc1cccc(C(C)(O)CC=O)c1. The quantitative estimate of drug-likeness (QED) is 0.775. The second kappa shape index (κ2) is 5.26. The van der Waals surface area contributed by atoms with Crippen molar-refractivity contribution in [2.75, 3.05) is 0 Å². The van der Waals surface area contributed by atoms with Crippen LogP contribution in [-0.4, -0.2) is 11.4 Å². The minimum Gasteiger partial charge on any atom is -0.385 e. The highest BCUT2D eigenvalue weighted by molar-refractivity contribution is 5.52. The molecule has 0 amide bonds. The van der Waals surface area contributed by atoms with Crippen LogP contribution in [0, 0.1) is 5.92 Å². The van der Waals surface area contributed by atoms with Gasteiger partial charge in [-0.3, -0.25) is 0 Å². The van der Waals surface area contributed by atoms with E-state index in [1.54, 1.807) is 6.92 Å². The fourth-order valence-electron chi connectivity index (χ4n) is 1.78. The number of carbonyl (C=O) groups excluding carboxylic acids is 1. The Morgan fingerprint density at radius 3 is 2.69 bits per heavy atom. The second-order valence-electron chi connectivity index (χ2n) is 4.94. The van der Waals surface area contributed by atoms with Gasteiger partial charge in [-0.05, 0) is 30.4 Å². The van der Waals surface area contributed by atoms with Crippen molar-refractivity contribution in [3.05, 3.63) is 35.4 Å². The van der Waals surface area contributed by atoms with Crippen LogP contribution in [0.3, 0.4) is 0 Å². The lowest BCUT2D eigenvalue weighted by Crippen LogP contribution is -2.21. The Balaban J connectivity index is 2.93. The molecule has 88 valence electrons. The van der Waals surface area contributed by atoms with Crippen molar-refractivity contribution < 1.29 is 9.90 Å². The number of rotatable bonds is 5. The van der Waals surface area contributed by atoms with Gasteiger partial charge < -0.3 is 9.90 Å². The smallest absolute Gasteiger partial charge is 0.123 e. The molecule has 16 heavy (non-hydrogen) atoms. The summed E-state index contributed by atoms with van der Waals surface area (Å²) in [6, 6.07) is 7.85. The molecule has 0 aromatic heterocycles. The van der Waals surface area contributed by atoms with Gasteiger partial charge in [-0.1, -0.05) is 38.1 Å². The molecule has 1 unspecified atom stereocenters. The van der Waals surface area contributed by atoms with E-state index in [-0.39, 0.29) is 6.42 Å². The van der Waals surface area contributed by atoms with E-state index >= 15 is 0 Å². The molecular weight excluding hydrogens is 200 g/mol. The molecule has 0 aliphatic rings. The highest BCUT2D eigenvalue weighted by Gasteiger charge is 2.22. The molecule has 0 aliphatic heterocycles. The molecule has 0 spiro atoms. The summed E-state index contributed by atoms with van der Waals surface area (Å²) >= 11 is 0. The van der Waals surface area contributed by atoms with Gasteiger partial charge in [0.1, 0.15) is 6.29 Å². The molecule has 0 radical (unpaired) electrons. The maximum Gasteiger partial charge on any atom is 0.123 e. The molecule has 1 rings (SSSR count). The van der Waals surface area contributed by atoms with Crippen molar-refractivity contribution >= 4 is 6.29 Å². The van der Waals surface area contributed by atoms with Crippen LogP contribution in [0.2, 0.25) is 0 Å². The number of hydrogen-bond donors (Lipinski definition) is 1. The van der Waals surface area contributed by atoms with Gasteiger partial charge in [0.15, 0.2) is 0 Å². The van der Waals surface area contributed by atoms with Crippen molar-refractivity contribution in [2.24, 2.45) is 5.92 Å². The van der Waals surface area contributed by atoms with Gasteiger partial charge in [-0.25, -0.2) is 0 Å². The fourth-order valence-corrected chi connectivity index (χ4v) is 1.78. The van der Waals surface area contributed by atoms with Crippen LogP contribution < -0.4 is 0 Å². The van der Waals surface area contributed by atoms with Crippen LogP contribution in [-0.2, 0) is 16.8 Å². The van der Waals surface area contributed by atoms with E-state index in [0.717, 1.165) is 18.3 Å². The molecule has 0 fully saturated rings. The Hall–Kier alpha value is -1.15. The lowest BCUT2D eigenvalue weighted by molar-refractivity contribution is -0.112. The summed E-state index contributed by atoms with van der Waals surface area (Å²) in [4.78, 5) is 10.5. The van der Waals surface area contributed by atoms with Crippen molar-refractivity contribution in [2.45, 2.75) is 39.2 Å². The van der Waals surface area contributed by atoms with E-state index in [1.807, 2.05) is 18.2 Å². The van der Waals surface area contributed by atoms with E-state index in [9.17, 15) is 9.90 Å². The molecule has 0 heterocycles. The lowest BCUT2D eigenvalue weighted by Gasteiger charge is -2.22. The summed E-state index contributed by atoms with van der Waals surface area (Å²) in [6.45, 7) is 6.00. The average molecular weight is 220 g/mol. The average Bonchev–Trinajstić information content (AvgIpc) is 2.17. The van der Waals surface area contributed by atoms with Gasteiger partial charge in [-0.15, -0.1) is 0 Å². The Morgan fingerprint density at radius 1 is 1.44 bits per heavy atom. The molecule has 2 heteroatoms. The van der Waals surface area contributed by atoms with Gasteiger partial charge in [0, 0.05) is 6.42 Å². The first-order valence-electron chi connectivity index (χ1n) is 5.71. The molecule has 1 atom stereocenters. The third-order valence-corrected chi connectivity index (χ3v) is 2.67. The molecule has 0 aliphatic carbocycles. The molecular formula is C14H20O2. The Kier molecular flexibility index (Phi) is 4.25. The van der Waals surface area contributed by atoms with Crippen LogP contribution in [0.4, 0.5) is 0 Å². The minimum absolute atomic E-state index is 0.137. The summed E-state index contributed by atoms with van der Waals surface area (Å²) in [7, 11) is 0. The monoisotopic (exact) mass is 220 g/mol.